The molecule has 0 saturated carbocycles. The van der Waals surface area contributed by atoms with Crippen LogP contribution in [0, 0.1) is 0 Å². The normalized spacial score (nSPS) is 19.6. The summed E-state index contributed by atoms with van der Waals surface area (Å²) in [7, 11) is -3.61. The number of halogens is 1. The molecule has 1 aliphatic rings. The molecule has 3 rings (SSSR count). The third-order valence-electron chi connectivity index (χ3n) is 3.75. The van der Waals surface area contributed by atoms with E-state index >= 15 is 0 Å². The van der Waals surface area contributed by atoms with Gasteiger partial charge in [0.1, 0.15) is 0 Å². The lowest BCUT2D eigenvalue weighted by molar-refractivity contribution is 0.432. The Kier molecular flexibility index (Phi) is 4.73. The monoisotopic (exact) mass is 371 g/mol. The summed E-state index contributed by atoms with van der Waals surface area (Å²) < 4.78 is 29.2. The SMILES string of the molecule is CC(C)n1cnc(S(=O)(=O)N2CCSC2c2ccc(Cl)cc2)c1. The summed E-state index contributed by atoms with van der Waals surface area (Å²) in [5.41, 5.74) is 0.934. The first-order chi connectivity index (χ1) is 10.9. The molecule has 1 saturated heterocycles. The van der Waals surface area contributed by atoms with E-state index in [0.717, 1.165) is 11.3 Å². The minimum atomic E-state index is -3.61. The predicted molar refractivity (Wildman–Crippen MR) is 93.2 cm³/mol. The standard InChI is InChI=1S/C15H18ClN3O2S2/c1-11(2)18-9-14(17-10-18)23(20,21)19-7-8-22-15(19)12-3-5-13(16)6-4-12/h3-6,9-11,15H,7-8H2,1-2H3. The van der Waals surface area contributed by atoms with Crippen LogP contribution in [0.5, 0.6) is 0 Å². The summed E-state index contributed by atoms with van der Waals surface area (Å²) >= 11 is 7.53. The maximum atomic E-state index is 12.9. The van der Waals surface area contributed by atoms with E-state index in [-0.39, 0.29) is 16.4 Å². The fourth-order valence-electron chi connectivity index (χ4n) is 2.44. The molecule has 5 nitrogen and oxygen atoms in total. The number of benzene rings is 1. The summed E-state index contributed by atoms with van der Waals surface area (Å²) in [6.07, 6.45) is 3.17. The Morgan fingerprint density at radius 2 is 2.00 bits per heavy atom. The molecule has 0 aliphatic carbocycles. The molecule has 23 heavy (non-hydrogen) atoms. The first-order valence-electron chi connectivity index (χ1n) is 7.32. The quantitative estimate of drug-likeness (QED) is 0.824. The Bertz CT molecular complexity index is 787. The van der Waals surface area contributed by atoms with Gasteiger partial charge in [0, 0.05) is 29.6 Å². The van der Waals surface area contributed by atoms with Gasteiger partial charge >= 0.3 is 0 Å². The van der Waals surface area contributed by atoms with Gasteiger partial charge in [-0.3, -0.25) is 0 Å². The van der Waals surface area contributed by atoms with Crippen LogP contribution in [0.25, 0.3) is 0 Å². The van der Waals surface area contributed by atoms with Crippen LogP contribution in [0.4, 0.5) is 0 Å². The first kappa shape index (κ1) is 16.8. The zero-order chi connectivity index (χ0) is 16.6. The van der Waals surface area contributed by atoms with Crippen molar-refractivity contribution in [3.8, 4) is 0 Å². The summed E-state index contributed by atoms with van der Waals surface area (Å²) in [6, 6.07) is 7.50. The van der Waals surface area contributed by atoms with Crippen molar-refractivity contribution in [2.75, 3.05) is 12.3 Å². The Labute approximate surface area is 145 Å². The largest absolute Gasteiger partial charge is 0.334 e. The number of hydrogen-bond acceptors (Lipinski definition) is 4. The highest BCUT2D eigenvalue weighted by Gasteiger charge is 2.38. The molecule has 0 amide bonds. The van der Waals surface area contributed by atoms with Crippen molar-refractivity contribution in [3.63, 3.8) is 0 Å². The van der Waals surface area contributed by atoms with Crippen LogP contribution in [0.2, 0.25) is 5.02 Å². The molecular weight excluding hydrogens is 354 g/mol. The molecule has 8 heteroatoms. The maximum absolute atomic E-state index is 12.9. The number of aromatic nitrogens is 2. The van der Waals surface area contributed by atoms with Gasteiger partial charge in [0.2, 0.25) is 0 Å². The van der Waals surface area contributed by atoms with Gasteiger partial charge in [-0.15, -0.1) is 11.8 Å². The molecule has 0 bridgehead atoms. The van der Waals surface area contributed by atoms with Gasteiger partial charge < -0.3 is 4.57 Å². The van der Waals surface area contributed by atoms with Gasteiger partial charge in [-0.1, -0.05) is 23.7 Å². The van der Waals surface area contributed by atoms with E-state index in [4.69, 9.17) is 11.6 Å². The van der Waals surface area contributed by atoms with E-state index in [1.807, 2.05) is 26.0 Å². The van der Waals surface area contributed by atoms with Crippen molar-refractivity contribution in [3.05, 3.63) is 47.4 Å². The Morgan fingerprint density at radius 1 is 1.30 bits per heavy atom. The molecule has 2 aromatic rings. The molecular formula is C15H18ClN3O2S2. The van der Waals surface area contributed by atoms with E-state index in [0.29, 0.717) is 11.6 Å². The lowest BCUT2D eigenvalue weighted by Crippen LogP contribution is -2.30. The van der Waals surface area contributed by atoms with Gasteiger partial charge in [0.05, 0.1) is 11.7 Å². The highest BCUT2D eigenvalue weighted by Crippen LogP contribution is 2.41. The van der Waals surface area contributed by atoms with Gasteiger partial charge in [-0.05, 0) is 31.5 Å². The topological polar surface area (TPSA) is 55.2 Å². The van der Waals surface area contributed by atoms with Gasteiger partial charge in [-0.2, -0.15) is 4.31 Å². The second-order valence-corrected chi connectivity index (χ2v) is 9.11. The number of thioether (sulfide) groups is 1. The molecule has 1 aliphatic heterocycles. The first-order valence-corrected chi connectivity index (χ1v) is 10.2. The second kappa shape index (κ2) is 6.47. The van der Waals surface area contributed by atoms with Gasteiger partial charge in [-0.25, -0.2) is 13.4 Å². The predicted octanol–water partition coefficient (Wildman–Crippen LogP) is 3.55. The van der Waals surface area contributed by atoms with E-state index in [2.05, 4.69) is 4.98 Å². The number of rotatable bonds is 4. The van der Waals surface area contributed by atoms with Crippen molar-refractivity contribution < 1.29 is 8.42 Å². The van der Waals surface area contributed by atoms with Crippen LogP contribution in [-0.4, -0.2) is 34.6 Å². The minimum Gasteiger partial charge on any atom is -0.334 e. The molecule has 124 valence electrons. The summed E-state index contributed by atoms with van der Waals surface area (Å²) in [5.74, 6) is 0.761. The zero-order valence-electron chi connectivity index (χ0n) is 12.9. The molecule has 1 atom stereocenters. The van der Waals surface area contributed by atoms with Gasteiger partial charge in [0.15, 0.2) is 5.03 Å². The van der Waals surface area contributed by atoms with Crippen LogP contribution in [0.1, 0.15) is 30.8 Å². The van der Waals surface area contributed by atoms with Crippen LogP contribution in [-0.2, 0) is 10.0 Å². The molecule has 1 unspecified atom stereocenters. The number of hydrogen-bond donors (Lipinski definition) is 0. The molecule has 1 aromatic heterocycles. The molecule has 2 heterocycles. The molecule has 0 radical (unpaired) electrons. The molecule has 0 N–H and O–H groups in total. The maximum Gasteiger partial charge on any atom is 0.263 e. The fourth-order valence-corrected chi connectivity index (χ4v) is 5.74. The van der Waals surface area contributed by atoms with Crippen LogP contribution >= 0.6 is 23.4 Å². The third-order valence-corrected chi connectivity index (χ3v) is 7.15. The third kappa shape index (κ3) is 3.28. The molecule has 0 spiro atoms. The summed E-state index contributed by atoms with van der Waals surface area (Å²) in [4.78, 5) is 4.10. The smallest absolute Gasteiger partial charge is 0.263 e. The van der Waals surface area contributed by atoms with Crippen molar-refractivity contribution >= 4 is 33.4 Å². The van der Waals surface area contributed by atoms with Crippen molar-refractivity contribution in [1.82, 2.24) is 13.9 Å². The van der Waals surface area contributed by atoms with Crippen LogP contribution in [0.15, 0.2) is 41.8 Å². The van der Waals surface area contributed by atoms with Crippen LogP contribution in [0.3, 0.4) is 0 Å². The fraction of sp³-hybridized carbons (Fsp3) is 0.400. The highest BCUT2D eigenvalue weighted by atomic mass is 35.5. The number of imidazole rings is 1. The van der Waals surface area contributed by atoms with Gasteiger partial charge in [0.25, 0.3) is 10.0 Å². The van der Waals surface area contributed by atoms with Crippen molar-refractivity contribution in [2.45, 2.75) is 30.3 Å². The number of sulfonamides is 1. The highest BCUT2D eigenvalue weighted by molar-refractivity contribution is 8.00. The Morgan fingerprint density at radius 3 is 2.61 bits per heavy atom. The zero-order valence-corrected chi connectivity index (χ0v) is 15.3. The second-order valence-electron chi connectivity index (χ2n) is 5.64. The lowest BCUT2D eigenvalue weighted by atomic mass is 10.2. The van der Waals surface area contributed by atoms with Crippen molar-refractivity contribution in [2.24, 2.45) is 0 Å². The number of nitrogens with zero attached hydrogens (tertiary/aromatic N) is 3. The summed E-state index contributed by atoms with van der Waals surface area (Å²) in [5, 5.41) is 0.510. The molecule has 1 aromatic carbocycles. The van der Waals surface area contributed by atoms with E-state index in [1.165, 1.54) is 4.31 Å². The van der Waals surface area contributed by atoms with Crippen LogP contribution < -0.4 is 0 Å². The Hall–Kier alpha value is -1.02. The van der Waals surface area contributed by atoms with E-state index in [9.17, 15) is 8.42 Å². The van der Waals surface area contributed by atoms with Crippen molar-refractivity contribution in [1.29, 1.82) is 0 Å². The minimum absolute atomic E-state index is 0.104. The lowest BCUT2D eigenvalue weighted by Gasteiger charge is -2.22. The average molecular weight is 372 g/mol. The average Bonchev–Trinajstić information content (AvgIpc) is 3.18. The van der Waals surface area contributed by atoms with E-state index < -0.39 is 10.0 Å². The molecule has 1 fully saturated rings. The van der Waals surface area contributed by atoms with E-state index in [1.54, 1.807) is 41.0 Å². The summed E-state index contributed by atoms with van der Waals surface area (Å²) in [6.45, 7) is 4.45. The Balaban J connectivity index is 1.92.